The molecule has 1 aliphatic carbocycles. The van der Waals surface area contributed by atoms with Crippen molar-refractivity contribution < 1.29 is 23.4 Å². The van der Waals surface area contributed by atoms with Crippen LogP contribution >= 0.6 is 0 Å². The largest absolute Gasteiger partial charge is 0.497 e. The highest BCUT2D eigenvalue weighted by Crippen LogP contribution is 2.36. The van der Waals surface area contributed by atoms with Gasteiger partial charge in [0.1, 0.15) is 23.1 Å². The third-order valence-corrected chi connectivity index (χ3v) is 6.02. The molecule has 1 amide bonds. The summed E-state index contributed by atoms with van der Waals surface area (Å²) in [5, 5.41) is 9.41. The number of nitrogens with zero attached hydrogens (tertiary/aromatic N) is 2. The van der Waals surface area contributed by atoms with E-state index in [1.807, 2.05) is 0 Å². The van der Waals surface area contributed by atoms with Gasteiger partial charge in [-0.1, -0.05) is 0 Å². The number of fused-ring (bicyclic) bond motifs is 1. The Morgan fingerprint density at radius 2 is 1.83 bits per heavy atom. The highest BCUT2D eigenvalue weighted by atomic mass is 19.1. The van der Waals surface area contributed by atoms with Crippen molar-refractivity contribution in [2.45, 2.75) is 44.6 Å². The van der Waals surface area contributed by atoms with Gasteiger partial charge in [-0.05, 0) is 37.3 Å². The second kappa shape index (κ2) is 8.18. The van der Waals surface area contributed by atoms with Gasteiger partial charge in [0.2, 0.25) is 5.91 Å². The standard InChI is InChI=1S/C22H24F2N2O4/c1-30-15-10-16(23)21(17(24)11-15)14-9-20(28)26(12-14)19-8-13-4-2-3-5-18(13)25(6-7-27)22(19)29/h8,10-11,14,27H,2-7,9,12H2,1H3. The van der Waals surface area contributed by atoms with Crippen molar-refractivity contribution in [3.63, 3.8) is 0 Å². The first kappa shape index (κ1) is 20.5. The fourth-order valence-electron chi connectivity index (χ4n) is 4.60. The SMILES string of the molecule is COc1cc(F)c(C2CC(=O)N(c3cc4c(n(CCO)c3=O)CCCC4)C2)c(F)c1. The molecule has 1 aromatic heterocycles. The van der Waals surface area contributed by atoms with Crippen molar-refractivity contribution in [1.29, 1.82) is 0 Å². The Bertz CT molecular complexity index is 1030. The Balaban J connectivity index is 1.72. The topological polar surface area (TPSA) is 71.8 Å². The molecule has 0 radical (unpaired) electrons. The Morgan fingerprint density at radius 1 is 1.13 bits per heavy atom. The van der Waals surface area contributed by atoms with Crippen molar-refractivity contribution in [2.75, 3.05) is 25.2 Å². The summed E-state index contributed by atoms with van der Waals surface area (Å²) in [5.74, 6) is -2.52. The Morgan fingerprint density at radius 3 is 2.50 bits per heavy atom. The molecule has 0 spiro atoms. The predicted octanol–water partition coefficient (Wildman–Crippen LogP) is 2.53. The molecule has 1 N–H and O–H groups in total. The Kier molecular flexibility index (Phi) is 5.60. The van der Waals surface area contributed by atoms with Crippen LogP contribution in [0.1, 0.15) is 42.0 Å². The lowest BCUT2D eigenvalue weighted by Crippen LogP contribution is -2.36. The van der Waals surface area contributed by atoms with Crippen LogP contribution in [0.5, 0.6) is 5.75 Å². The molecular formula is C22H24F2N2O4. The Hall–Kier alpha value is -2.74. The number of hydrogen-bond acceptors (Lipinski definition) is 4. The van der Waals surface area contributed by atoms with E-state index >= 15 is 0 Å². The van der Waals surface area contributed by atoms with E-state index in [1.165, 1.54) is 12.0 Å². The van der Waals surface area contributed by atoms with E-state index in [9.17, 15) is 23.5 Å². The van der Waals surface area contributed by atoms with Gasteiger partial charge in [0, 0.05) is 48.8 Å². The first-order valence-corrected chi connectivity index (χ1v) is 10.1. The van der Waals surface area contributed by atoms with Gasteiger partial charge in [0.25, 0.3) is 5.56 Å². The van der Waals surface area contributed by atoms with Crippen molar-refractivity contribution in [2.24, 2.45) is 0 Å². The number of hydrogen-bond donors (Lipinski definition) is 1. The van der Waals surface area contributed by atoms with E-state index in [2.05, 4.69) is 0 Å². The molecule has 160 valence electrons. The minimum absolute atomic E-state index is 0.0200. The smallest absolute Gasteiger partial charge is 0.274 e. The van der Waals surface area contributed by atoms with E-state index in [0.29, 0.717) is 0 Å². The molecule has 2 aliphatic rings. The number of aliphatic hydroxyl groups is 1. The summed E-state index contributed by atoms with van der Waals surface area (Å²) in [5.41, 5.74) is 1.59. The maximum Gasteiger partial charge on any atom is 0.274 e. The Labute approximate surface area is 172 Å². The van der Waals surface area contributed by atoms with Crippen molar-refractivity contribution in [1.82, 2.24) is 4.57 Å². The number of aryl methyl sites for hydroxylation is 1. The minimum atomic E-state index is -0.769. The number of anilines is 1. The number of halogens is 2. The van der Waals surface area contributed by atoms with Crippen molar-refractivity contribution in [3.05, 3.63) is 57.0 Å². The molecule has 2 heterocycles. The van der Waals surface area contributed by atoms with Gasteiger partial charge in [0.15, 0.2) is 0 Å². The van der Waals surface area contributed by atoms with Crippen LogP contribution < -0.4 is 15.2 Å². The van der Waals surface area contributed by atoms with E-state index in [-0.39, 0.29) is 54.6 Å². The molecule has 1 unspecified atom stereocenters. The highest BCUT2D eigenvalue weighted by Gasteiger charge is 2.37. The number of aliphatic hydroxyl groups excluding tert-OH is 1. The number of carbonyl (C=O) groups excluding carboxylic acids is 1. The van der Waals surface area contributed by atoms with E-state index < -0.39 is 17.6 Å². The van der Waals surface area contributed by atoms with Crippen LogP contribution in [0.3, 0.4) is 0 Å². The first-order chi connectivity index (χ1) is 14.4. The molecule has 30 heavy (non-hydrogen) atoms. The summed E-state index contributed by atoms with van der Waals surface area (Å²) >= 11 is 0. The van der Waals surface area contributed by atoms with Crippen molar-refractivity contribution in [3.8, 4) is 5.75 Å². The molecule has 1 aromatic carbocycles. The minimum Gasteiger partial charge on any atom is -0.497 e. The summed E-state index contributed by atoms with van der Waals surface area (Å²) in [7, 11) is 1.32. The van der Waals surface area contributed by atoms with Crippen LogP contribution in [-0.2, 0) is 24.2 Å². The summed E-state index contributed by atoms with van der Waals surface area (Å²) in [6, 6.07) is 3.93. The van der Waals surface area contributed by atoms with Crippen LogP contribution in [0.25, 0.3) is 0 Å². The molecule has 0 saturated carbocycles. The van der Waals surface area contributed by atoms with Crippen LogP contribution in [0.15, 0.2) is 23.0 Å². The van der Waals surface area contributed by atoms with Gasteiger partial charge in [-0.3, -0.25) is 9.59 Å². The zero-order valence-corrected chi connectivity index (χ0v) is 16.8. The second-order valence-corrected chi connectivity index (χ2v) is 7.80. The van der Waals surface area contributed by atoms with Gasteiger partial charge in [-0.2, -0.15) is 0 Å². The third kappa shape index (κ3) is 3.49. The van der Waals surface area contributed by atoms with Gasteiger partial charge < -0.3 is 19.3 Å². The van der Waals surface area contributed by atoms with Gasteiger partial charge in [0.05, 0.1) is 13.7 Å². The summed E-state index contributed by atoms with van der Waals surface area (Å²) in [4.78, 5) is 27.2. The summed E-state index contributed by atoms with van der Waals surface area (Å²) in [6.07, 6.45) is 3.42. The lowest BCUT2D eigenvalue weighted by Gasteiger charge is -2.25. The number of benzene rings is 1. The average molecular weight is 418 g/mol. The first-order valence-electron chi connectivity index (χ1n) is 10.1. The summed E-state index contributed by atoms with van der Waals surface area (Å²) in [6.45, 7) is -0.0109. The monoisotopic (exact) mass is 418 g/mol. The van der Waals surface area contributed by atoms with Crippen LogP contribution in [-0.4, -0.2) is 35.8 Å². The number of aromatic nitrogens is 1. The molecule has 0 bridgehead atoms. The molecule has 6 nitrogen and oxygen atoms in total. The lowest BCUT2D eigenvalue weighted by molar-refractivity contribution is -0.117. The second-order valence-electron chi connectivity index (χ2n) is 7.80. The zero-order chi connectivity index (χ0) is 21.4. The molecule has 1 saturated heterocycles. The molecule has 2 aromatic rings. The number of rotatable bonds is 5. The zero-order valence-electron chi connectivity index (χ0n) is 16.8. The molecule has 1 fully saturated rings. The summed E-state index contributed by atoms with van der Waals surface area (Å²) < 4.78 is 35.5. The maximum absolute atomic E-state index is 14.5. The fourth-order valence-corrected chi connectivity index (χ4v) is 4.60. The maximum atomic E-state index is 14.5. The van der Waals surface area contributed by atoms with Gasteiger partial charge in [-0.15, -0.1) is 0 Å². The van der Waals surface area contributed by atoms with Crippen molar-refractivity contribution >= 4 is 11.6 Å². The number of pyridine rings is 1. The van der Waals surface area contributed by atoms with Gasteiger partial charge in [-0.25, -0.2) is 8.78 Å². The van der Waals surface area contributed by atoms with Gasteiger partial charge >= 0.3 is 0 Å². The third-order valence-electron chi connectivity index (χ3n) is 6.02. The lowest BCUT2D eigenvalue weighted by atomic mass is 9.95. The molecular weight excluding hydrogens is 394 g/mol. The normalized spacial score (nSPS) is 18.6. The number of amides is 1. The predicted molar refractivity (Wildman–Crippen MR) is 107 cm³/mol. The van der Waals surface area contributed by atoms with E-state index in [1.54, 1.807) is 10.6 Å². The average Bonchev–Trinajstić information content (AvgIpc) is 3.10. The molecule has 1 aliphatic heterocycles. The molecule has 1 atom stereocenters. The fraction of sp³-hybridized carbons (Fsp3) is 0.455. The number of ether oxygens (including phenoxy) is 1. The molecule has 4 rings (SSSR count). The van der Waals surface area contributed by atoms with Crippen LogP contribution in [0, 0.1) is 11.6 Å². The van der Waals surface area contributed by atoms with E-state index in [4.69, 9.17) is 4.74 Å². The molecule has 8 heteroatoms. The van der Waals surface area contributed by atoms with E-state index in [0.717, 1.165) is 49.1 Å². The number of carbonyl (C=O) groups is 1. The number of methoxy groups -OCH3 is 1. The van der Waals surface area contributed by atoms with Crippen LogP contribution in [0.2, 0.25) is 0 Å². The van der Waals surface area contributed by atoms with Crippen LogP contribution in [0.4, 0.5) is 14.5 Å². The quantitative estimate of drug-likeness (QED) is 0.810. The highest BCUT2D eigenvalue weighted by molar-refractivity contribution is 5.96.